The number of furan rings is 1. The van der Waals surface area contributed by atoms with Gasteiger partial charge in [0.25, 0.3) is 5.91 Å². The number of esters is 1. The molecule has 0 aliphatic heterocycles. The third-order valence-electron chi connectivity index (χ3n) is 3.46. The fraction of sp³-hybridized carbons (Fsp3) is 0.278. The first-order chi connectivity index (χ1) is 12.0. The average Bonchev–Trinajstić information content (AvgIpc) is 3.12. The normalized spacial score (nSPS) is 11.4. The third-order valence-corrected chi connectivity index (χ3v) is 3.46. The van der Waals surface area contributed by atoms with Gasteiger partial charge in [0.05, 0.1) is 19.2 Å². The zero-order valence-corrected chi connectivity index (χ0v) is 13.9. The van der Waals surface area contributed by atoms with Crippen molar-refractivity contribution in [1.29, 1.82) is 0 Å². The molecule has 2 aromatic rings. The molecule has 0 unspecified atom stereocenters. The van der Waals surface area contributed by atoms with Crippen LogP contribution in [0.3, 0.4) is 0 Å². The maximum Gasteiger partial charge on any atom is 0.321 e. The molecule has 1 aromatic heterocycles. The van der Waals surface area contributed by atoms with Crippen LogP contribution in [0.2, 0.25) is 0 Å². The van der Waals surface area contributed by atoms with Crippen molar-refractivity contribution < 1.29 is 23.5 Å². The molecule has 1 aromatic carbocycles. The lowest BCUT2D eigenvalue weighted by molar-refractivity contribution is -0.148. The lowest BCUT2D eigenvalue weighted by atomic mass is 9.98. The molecule has 1 heterocycles. The molecule has 0 spiro atoms. The maximum atomic E-state index is 11.8. The molecule has 0 aliphatic rings. The molecule has 1 atom stereocenters. The number of imide groups is 1. The highest BCUT2D eigenvalue weighted by atomic mass is 16.5. The summed E-state index contributed by atoms with van der Waals surface area (Å²) in [5.41, 5.74) is 1.02. The summed E-state index contributed by atoms with van der Waals surface area (Å²) in [6, 6.07) is 12.2. The molecule has 25 heavy (non-hydrogen) atoms. The Morgan fingerprint density at radius 1 is 1.12 bits per heavy atom. The Morgan fingerprint density at radius 3 is 2.56 bits per heavy atom. The molecule has 0 bridgehead atoms. The zero-order valence-electron chi connectivity index (χ0n) is 13.9. The highest BCUT2D eigenvalue weighted by Gasteiger charge is 2.15. The maximum absolute atomic E-state index is 11.8. The molecule has 132 valence electrons. The second-order valence-electron chi connectivity index (χ2n) is 5.49. The van der Waals surface area contributed by atoms with Crippen LogP contribution < -0.4 is 10.6 Å². The van der Waals surface area contributed by atoms with Crippen molar-refractivity contribution >= 4 is 17.9 Å². The average molecular weight is 344 g/mol. The van der Waals surface area contributed by atoms with Crippen LogP contribution >= 0.6 is 0 Å². The van der Waals surface area contributed by atoms with E-state index >= 15 is 0 Å². The van der Waals surface area contributed by atoms with E-state index in [1.807, 2.05) is 37.3 Å². The van der Waals surface area contributed by atoms with E-state index in [4.69, 9.17) is 9.15 Å². The first-order valence-corrected chi connectivity index (χ1v) is 7.85. The van der Waals surface area contributed by atoms with Crippen LogP contribution in [-0.4, -0.2) is 24.5 Å². The smallest absolute Gasteiger partial charge is 0.321 e. The van der Waals surface area contributed by atoms with Gasteiger partial charge >= 0.3 is 12.0 Å². The van der Waals surface area contributed by atoms with E-state index in [-0.39, 0.29) is 18.9 Å². The second-order valence-corrected chi connectivity index (χ2v) is 5.49. The molecule has 0 saturated heterocycles. The highest BCUT2D eigenvalue weighted by Crippen LogP contribution is 2.18. The summed E-state index contributed by atoms with van der Waals surface area (Å²) in [5, 5.41) is 4.53. The Bertz CT molecular complexity index is 698. The first-order valence-electron chi connectivity index (χ1n) is 7.85. The van der Waals surface area contributed by atoms with Gasteiger partial charge in [0, 0.05) is 0 Å². The van der Waals surface area contributed by atoms with Crippen molar-refractivity contribution in [2.75, 3.05) is 6.61 Å². The van der Waals surface area contributed by atoms with Crippen molar-refractivity contribution in [3.8, 4) is 0 Å². The van der Waals surface area contributed by atoms with Gasteiger partial charge in [-0.1, -0.05) is 37.3 Å². The molecule has 3 amide bonds. The van der Waals surface area contributed by atoms with E-state index in [1.165, 1.54) is 6.26 Å². The summed E-state index contributed by atoms with van der Waals surface area (Å²) >= 11 is 0. The Labute approximate surface area is 145 Å². The van der Waals surface area contributed by atoms with Crippen molar-refractivity contribution in [2.45, 2.75) is 25.8 Å². The van der Waals surface area contributed by atoms with Crippen molar-refractivity contribution in [2.24, 2.45) is 0 Å². The highest BCUT2D eigenvalue weighted by molar-refractivity contribution is 5.95. The minimum Gasteiger partial charge on any atom is -0.467 e. The number of nitrogens with one attached hydrogen (secondary N) is 2. The number of rotatable bonds is 7. The topological polar surface area (TPSA) is 97.6 Å². The van der Waals surface area contributed by atoms with Crippen LogP contribution in [0, 0.1) is 0 Å². The van der Waals surface area contributed by atoms with Gasteiger partial charge in [0.15, 0.2) is 6.61 Å². The van der Waals surface area contributed by atoms with Gasteiger partial charge in [0.2, 0.25) is 0 Å². The van der Waals surface area contributed by atoms with Gasteiger partial charge in [-0.3, -0.25) is 14.9 Å². The lowest BCUT2D eigenvalue weighted by Gasteiger charge is -2.11. The summed E-state index contributed by atoms with van der Waals surface area (Å²) in [4.78, 5) is 34.9. The van der Waals surface area contributed by atoms with Gasteiger partial charge < -0.3 is 14.5 Å². The van der Waals surface area contributed by atoms with Gasteiger partial charge in [-0.25, -0.2) is 4.79 Å². The predicted octanol–water partition coefficient (Wildman–Crippen LogP) is 2.34. The molecule has 2 rings (SSSR count). The van der Waals surface area contributed by atoms with E-state index in [9.17, 15) is 14.4 Å². The number of benzene rings is 1. The molecule has 0 aliphatic carbocycles. The summed E-state index contributed by atoms with van der Waals surface area (Å²) in [5.74, 6) is -0.655. The SMILES string of the molecule is C[C@@H](CC(=O)OCC(=O)NC(=O)NCc1ccco1)c1ccccc1. The number of hydrogen-bond acceptors (Lipinski definition) is 5. The predicted molar refractivity (Wildman–Crippen MR) is 89.5 cm³/mol. The number of ether oxygens (including phenoxy) is 1. The molecule has 0 saturated carbocycles. The second kappa shape index (κ2) is 9.27. The van der Waals surface area contributed by atoms with E-state index in [0.717, 1.165) is 5.56 Å². The van der Waals surface area contributed by atoms with E-state index in [2.05, 4.69) is 10.6 Å². The number of carbonyl (C=O) groups excluding carboxylic acids is 3. The van der Waals surface area contributed by atoms with Crippen LogP contribution in [-0.2, 0) is 20.9 Å². The van der Waals surface area contributed by atoms with Crippen molar-refractivity contribution in [1.82, 2.24) is 10.6 Å². The van der Waals surface area contributed by atoms with Gasteiger partial charge in [-0.2, -0.15) is 0 Å². The number of urea groups is 1. The fourth-order valence-electron chi connectivity index (χ4n) is 2.14. The molecule has 0 radical (unpaired) electrons. The van der Waals surface area contributed by atoms with Gasteiger partial charge in [-0.15, -0.1) is 0 Å². The zero-order chi connectivity index (χ0) is 18.1. The van der Waals surface area contributed by atoms with Gasteiger partial charge in [-0.05, 0) is 23.6 Å². The first kappa shape index (κ1) is 18.3. The van der Waals surface area contributed by atoms with E-state index in [0.29, 0.717) is 5.76 Å². The minimum atomic E-state index is -0.697. The Balaban J connectivity index is 1.65. The number of hydrogen-bond donors (Lipinski definition) is 2. The third kappa shape index (κ3) is 6.50. The molecule has 2 N–H and O–H groups in total. The van der Waals surface area contributed by atoms with Crippen LogP contribution in [0.1, 0.15) is 30.6 Å². The van der Waals surface area contributed by atoms with Crippen LogP contribution in [0.25, 0.3) is 0 Å². The summed E-state index contributed by atoms with van der Waals surface area (Å²) in [7, 11) is 0. The quantitative estimate of drug-likeness (QED) is 0.751. The molecular formula is C18H20N2O5. The number of carbonyl (C=O) groups is 3. The lowest BCUT2D eigenvalue weighted by Crippen LogP contribution is -2.41. The molecule has 7 heteroatoms. The van der Waals surface area contributed by atoms with Gasteiger partial charge in [0.1, 0.15) is 5.76 Å². The van der Waals surface area contributed by atoms with E-state index in [1.54, 1.807) is 12.1 Å². The monoisotopic (exact) mass is 344 g/mol. The minimum absolute atomic E-state index is 0.0200. The molecule has 0 fully saturated rings. The van der Waals surface area contributed by atoms with Crippen molar-refractivity contribution in [3.63, 3.8) is 0 Å². The van der Waals surface area contributed by atoms with Crippen LogP contribution in [0.15, 0.2) is 53.1 Å². The van der Waals surface area contributed by atoms with Crippen LogP contribution in [0.4, 0.5) is 4.79 Å². The summed E-state index contributed by atoms with van der Waals surface area (Å²) in [6.07, 6.45) is 1.64. The van der Waals surface area contributed by atoms with E-state index < -0.39 is 24.5 Å². The summed E-state index contributed by atoms with van der Waals surface area (Å²) < 4.78 is 9.94. The Hall–Kier alpha value is -3.09. The summed E-state index contributed by atoms with van der Waals surface area (Å²) in [6.45, 7) is 1.55. The Kier molecular flexibility index (Phi) is 6.76. The standard InChI is InChI=1S/C18H20N2O5/c1-13(14-6-3-2-4-7-14)10-17(22)25-12-16(21)20-18(23)19-11-15-8-5-9-24-15/h2-9,13H,10-12H2,1H3,(H2,19,20,21,23)/t13-/m0/s1. The van der Waals surface area contributed by atoms with Crippen LogP contribution in [0.5, 0.6) is 0 Å². The fourth-order valence-corrected chi connectivity index (χ4v) is 2.14. The largest absolute Gasteiger partial charge is 0.467 e. The Morgan fingerprint density at radius 2 is 1.88 bits per heavy atom. The number of amides is 3. The van der Waals surface area contributed by atoms with Crippen molar-refractivity contribution in [3.05, 3.63) is 60.1 Å². The molecule has 7 nitrogen and oxygen atoms in total. The molecular weight excluding hydrogens is 324 g/mol.